The van der Waals surface area contributed by atoms with Crippen molar-refractivity contribution < 1.29 is 22.8 Å². The summed E-state index contributed by atoms with van der Waals surface area (Å²) in [6, 6.07) is 8.08. The molecular weight excluding hydrogens is 406 g/mol. The lowest BCUT2D eigenvalue weighted by atomic mass is 10.1. The minimum absolute atomic E-state index is 0.0306. The third-order valence-corrected chi connectivity index (χ3v) is 6.56. The minimum Gasteiger partial charge on any atom is -0.478 e. The molecule has 0 aliphatic heterocycles. The quantitative estimate of drug-likeness (QED) is 0.468. The van der Waals surface area contributed by atoms with E-state index in [0.29, 0.717) is 33.7 Å². The van der Waals surface area contributed by atoms with E-state index >= 15 is 0 Å². The molecule has 0 saturated carbocycles. The summed E-state index contributed by atoms with van der Waals surface area (Å²) in [6.45, 7) is 3.43. The van der Waals surface area contributed by atoms with Crippen LogP contribution < -0.4 is 0 Å². The second-order valence-electron chi connectivity index (χ2n) is 6.66. The maximum absolute atomic E-state index is 13.7. The standard InChI is InChI=1S/C21H17N3O5S/c1-12-18(13(2)29-24-12)16-11-23-19-14(8-9-17(25)26)10-22-20(19)21(16)30(27,28)15-6-4-3-5-7-15/h3-11,22H,1-2H3,(H,25,26)/b9-8+. The molecule has 0 atom stereocenters. The lowest BCUT2D eigenvalue weighted by Crippen LogP contribution is -2.06. The van der Waals surface area contributed by atoms with Gasteiger partial charge in [-0.15, -0.1) is 0 Å². The summed E-state index contributed by atoms with van der Waals surface area (Å²) < 4.78 is 32.5. The van der Waals surface area contributed by atoms with Gasteiger partial charge in [0.2, 0.25) is 9.84 Å². The van der Waals surface area contributed by atoms with Crippen molar-refractivity contribution in [1.82, 2.24) is 15.1 Å². The van der Waals surface area contributed by atoms with Gasteiger partial charge in [0.15, 0.2) is 0 Å². The molecule has 2 N–H and O–H groups in total. The Morgan fingerprint density at radius 1 is 1.20 bits per heavy atom. The average molecular weight is 423 g/mol. The number of carbonyl (C=O) groups is 1. The Morgan fingerprint density at radius 3 is 2.57 bits per heavy atom. The van der Waals surface area contributed by atoms with Crippen molar-refractivity contribution in [2.75, 3.05) is 0 Å². The van der Waals surface area contributed by atoms with Crippen molar-refractivity contribution in [1.29, 1.82) is 0 Å². The SMILES string of the molecule is Cc1noc(C)c1-c1cnc2c(/C=C/C(=O)O)c[nH]c2c1S(=O)(=O)c1ccccc1. The van der Waals surface area contributed by atoms with E-state index in [2.05, 4.69) is 15.1 Å². The molecule has 8 nitrogen and oxygen atoms in total. The van der Waals surface area contributed by atoms with Crippen LogP contribution in [0.1, 0.15) is 17.0 Å². The molecular formula is C21H17N3O5S. The monoisotopic (exact) mass is 423 g/mol. The van der Waals surface area contributed by atoms with E-state index in [0.717, 1.165) is 6.08 Å². The fourth-order valence-electron chi connectivity index (χ4n) is 3.40. The molecule has 0 aliphatic rings. The number of pyridine rings is 1. The highest BCUT2D eigenvalue weighted by molar-refractivity contribution is 7.91. The Labute approximate surface area is 171 Å². The van der Waals surface area contributed by atoms with Gasteiger partial charge in [-0.1, -0.05) is 23.4 Å². The third kappa shape index (κ3) is 3.18. The van der Waals surface area contributed by atoms with Crippen LogP contribution in [-0.4, -0.2) is 34.6 Å². The number of aromatic amines is 1. The number of nitrogens with zero attached hydrogens (tertiary/aromatic N) is 2. The lowest BCUT2D eigenvalue weighted by molar-refractivity contribution is -0.131. The van der Waals surface area contributed by atoms with Gasteiger partial charge < -0.3 is 14.6 Å². The first-order chi connectivity index (χ1) is 14.3. The zero-order chi connectivity index (χ0) is 21.5. The predicted octanol–water partition coefficient (Wildman–Crippen LogP) is 3.77. The highest BCUT2D eigenvalue weighted by Crippen LogP contribution is 2.39. The Morgan fingerprint density at radius 2 is 1.93 bits per heavy atom. The molecule has 0 aliphatic carbocycles. The zero-order valence-corrected chi connectivity index (χ0v) is 16.9. The molecule has 4 aromatic rings. The summed E-state index contributed by atoms with van der Waals surface area (Å²) in [5.41, 5.74) is 2.53. The number of sulfone groups is 1. The van der Waals surface area contributed by atoms with Gasteiger partial charge in [0.05, 0.1) is 27.2 Å². The molecule has 30 heavy (non-hydrogen) atoms. The molecule has 0 amide bonds. The molecule has 3 heterocycles. The van der Waals surface area contributed by atoms with Gasteiger partial charge in [0, 0.05) is 29.6 Å². The van der Waals surface area contributed by atoms with Crippen LogP contribution >= 0.6 is 0 Å². The summed E-state index contributed by atoms with van der Waals surface area (Å²) in [7, 11) is -3.95. The largest absolute Gasteiger partial charge is 0.478 e. The summed E-state index contributed by atoms with van der Waals surface area (Å²) in [4.78, 5) is 18.4. The van der Waals surface area contributed by atoms with E-state index in [9.17, 15) is 13.2 Å². The lowest BCUT2D eigenvalue weighted by Gasteiger charge is -2.12. The molecule has 0 radical (unpaired) electrons. The number of hydrogen-bond acceptors (Lipinski definition) is 6. The van der Waals surface area contributed by atoms with Crippen molar-refractivity contribution in [3.8, 4) is 11.1 Å². The number of benzene rings is 1. The van der Waals surface area contributed by atoms with Crippen molar-refractivity contribution in [2.24, 2.45) is 0 Å². The summed E-state index contributed by atoms with van der Waals surface area (Å²) in [5.74, 6) is -0.649. The number of carboxylic acids is 1. The highest BCUT2D eigenvalue weighted by atomic mass is 32.2. The van der Waals surface area contributed by atoms with Gasteiger partial charge in [-0.25, -0.2) is 13.2 Å². The fraction of sp³-hybridized carbons (Fsp3) is 0.0952. The van der Waals surface area contributed by atoms with E-state index in [1.807, 2.05) is 0 Å². The van der Waals surface area contributed by atoms with Crippen LogP contribution in [0.4, 0.5) is 0 Å². The van der Waals surface area contributed by atoms with Crippen LogP contribution in [-0.2, 0) is 14.6 Å². The number of hydrogen-bond donors (Lipinski definition) is 2. The summed E-state index contributed by atoms with van der Waals surface area (Å²) in [5, 5.41) is 12.9. The van der Waals surface area contributed by atoms with E-state index in [1.165, 1.54) is 30.6 Å². The third-order valence-electron chi connectivity index (χ3n) is 4.71. The summed E-state index contributed by atoms with van der Waals surface area (Å²) >= 11 is 0. The van der Waals surface area contributed by atoms with E-state index < -0.39 is 15.8 Å². The van der Waals surface area contributed by atoms with Crippen molar-refractivity contribution in [3.63, 3.8) is 0 Å². The number of rotatable bonds is 5. The maximum atomic E-state index is 13.7. The molecule has 0 bridgehead atoms. The Bertz CT molecular complexity index is 1380. The van der Waals surface area contributed by atoms with Gasteiger partial charge in [0.25, 0.3) is 0 Å². The number of carboxylic acid groups (broad SMARTS) is 1. The van der Waals surface area contributed by atoms with Crippen LogP contribution in [0.25, 0.3) is 28.2 Å². The number of H-pyrrole nitrogens is 1. The predicted molar refractivity (Wildman–Crippen MR) is 110 cm³/mol. The molecule has 3 aromatic heterocycles. The van der Waals surface area contributed by atoms with Crippen molar-refractivity contribution >= 4 is 32.9 Å². The molecule has 0 spiro atoms. The van der Waals surface area contributed by atoms with Crippen LogP contribution in [0.5, 0.6) is 0 Å². The van der Waals surface area contributed by atoms with Gasteiger partial charge in [0.1, 0.15) is 10.7 Å². The Balaban J connectivity index is 2.09. The molecule has 4 rings (SSSR count). The second-order valence-corrected chi connectivity index (χ2v) is 8.54. The van der Waals surface area contributed by atoms with Crippen molar-refractivity contribution in [3.05, 3.63) is 65.8 Å². The van der Waals surface area contributed by atoms with Crippen molar-refractivity contribution in [2.45, 2.75) is 23.6 Å². The average Bonchev–Trinajstić information content (AvgIpc) is 3.28. The number of aliphatic carboxylic acids is 1. The Kier molecular flexibility index (Phi) is 4.75. The molecule has 1 aromatic carbocycles. The number of aromatic nitrogens is 3. The molecule has 9 heteroatoms. The van der Waals surface area contributed by atoms with Gasteiger partial charge in [-0.2, -0.15) is 0 Å². The van der Waals surface area contributed by atoms with E-state index in [-0.39, 0.29) is 15.3 Å². The van der Waals surface area contributed by atoms with Crippen LogP contribution in [0, 0.1) is 13.8 Å². The topological polar surface area (TPSA) is 126 Å². The highest BCUT2D eigenvalue weighted by Gasteiger charge is 2.29. The normalized spacial score (nSPS) is 12.1. The number of aryl methyl sites for hydroxylation is 2. The molecule has 0 fully saturated rings. The molecule has 0 saturated heterocycles. The molecule has 152 valence electrons. The maximum Gasteiger partial charge on any atom is 0.328 e. The van der Waals surface area contributed by atoms with E-state index in [1.54, 1.807) is 32.0 Å². The first-order valence-electron chi connectivity index (χ1n) is 8.95. The fourth-order valence-corrected chi connectivity index (χ4v) is 5.02. The first kappa shape index (κ1) is 19.6. The first-order valence-corrected chi connectivity index (χ1v) is 10.4. The van der Waals surface area contributed by atoms with Gasteiger partial charge >= 0.3 is 5.97 Å². The van der Waals surface area contributed by atoms with Crippen LogP contribution in [0.2, 0.25) is 0 Å². The number of nitrogens with one attached hydrogen (secondary N) is 1. The molecule has 0 unspecified atom stereocenters. The minimum atomic E-state index is -3.95. The Hall–Kier alpha value is -3.72. The van der Waals surface area contributed by atoms with Gasteiger partial charge in [-0.3, -0.25) is 4.98 Å². The number of fused-ring (bicyclic) bond motifs is 1. The summed E-state index contributed by atoms with van der Waals surface area (Å²) in [6.07, 6.45) is 5.31. The van der Waals surface area contributed by atoms with Crippen LogP contribution in [0.15, 0.2) is 63.1 Å². The zero-order valence-electron chi connectivity index (χ0n) is 16.1. The van der Waals surface area contributed by atoms with Crippen LogP contribution in [0.3, 0.4) is 0 Å². The second kappa shape index (κ2) is 7.27. The van der Waals surface area contributed by atoms with E-state index in [4.69, 9.17) is 9.63 Å². The smallest absolute Gasteiger partial charge is 0.328 e. The van der Waals surface area contributed by atoms with Gasteiger partial charge in [-0.05, 0) is 32.1 Å².